The van der Waals surface area contributed by atoms with Crippen LogP contribution in [0.15, 0.2) is 35.4 Å². The predicted octanol–water partition coefficient (Wildman–Crippen LogP) is 4.35. The molecule has 3 rings (SSSR count). The zero-order valence-corrected chi connectivity index (χ0v) is 18.7. The number of benzene rings is 1. The summed E-state index contributed by atoms with van der Waals surface area (Å²) in [4.78, 5) is 16.8. The molecule has 0 bridgehead atoms. The topological polar surface area (TPSA) is 93.7 Å². The van der Waals surface area contributed by atoms with Crippen molar-refractivity contribution in [3.8, 4) is 5.75 Å². The van der Waals surface area contributed by atoms with Crippen molar-refractivity contribution in [2.45, 2.75) is 48.4 Å². The molecule has 176 valence electrons. The maximum atomic E-state index is 12.3. The number of halogens is 4. The Bertz CT molecular complexity index is 932. The summed E-state index contributed by atoms with van der Waals surface area (Å²) in [5, 5.41) is 21.9. The highest BCUT2D eigenvalue weighted by Crippen LogP contribution is 2.33. The van der Waals surface area contributed by atoms with Gasteiger partial charge in [-0.15, -0.1) is 24.9 Å². The number of thioether (sulfide) groups is 1. The second kappa shape index (κ2) is 9.86. The summed E-state index contributed by atoms with van der Waals surface area (Å²) in [7, 11) is 0. The molecule has 32 heavy (non-hydrogen) atoms. The first-order chi connectivity index (χ1) is 14.9. The number of aliphatic hydroxyl groups is 1. The number of ether oxygens (including phenoxy) is 1. The normalized spacial score (nSPS) is 17.8. The van der Waals surface area contributed by atoms with Gasteiger partial charge in [0.05, 0.1) is 12.1 Å². The Balaban J connectivity index is 1.47. The van der Waals surface area contributed by atoms with Crippen molar-refractivity contribution >= 4 is 29.2 Å². The number of nitro groups is 1. The van der Waals surface area contributed by atoms with E-state index in [9.17, 15) is 28.4 Å². The fraction of sp³-hybridized carbons (Fsp3) is 0.526. The summed E-state index contributed by atoms with van der Waals surface area (Å²) in [5.74, 6) is -0.621. The molecule has 1 atom stereocenters. The molecule has 2 aromatic rings. The molecule has 1 fully saturated rings. The highest BCUT2D eigenvalue weighted by molar-refractivity contribution is 8.00. The van der Waals surface area contributed by atoms with Crippen LogP contribution >= 0.6 is 23.4 Å². The lowest BCUT2D eigenvalue weighted by Gasteiger charge is -2.36. The lowest BCUT2D eigenvalue weighted by molar-refractivity contribution is -0.389. The van der Waals surface area contributed by atoms with Crippen molar-refractivity contribution in [1.82, 2.24) is 14.5 Å². The molecule has 0 aliphatic carbocycles. The molecule has 0 unspecified atom stereocenters. The van der Waals surface area contributed by atoms with Crippen LogP contribution in [0.4, 0.5) is 19.0 Å². The molecule has 1 aliphatic rings. The maximum absolute atomic E-state index is 12.3. The number of imidazole rings is 1. The van der Waals surface area contributed by atoms with Crippen molar-refractivity contribution < 1.29 is 27.9 Å². The average molecular weight is 495 g/mol. The molecule has 0 saturated carbocycles. The lowest BCUT2D eigenvalue weighted by Crippen LogP contribution is -2.47. The number of aromatic nitrogens is 2. The van der Waals surface area contributed by atoms with Crippen LogP contribution in [-0.2, 0) is 6.54 Å². The Morgan fingerprint density at radius 2 is 1.91 bits per heavy atom. The molecule has 13 heteroatoms. The fourth-order valence-electron chi connectivity index (χ4n) is 3.58. The number of likely N-dealkylation sites (tertiary alicyclic amines) is 1. The maximum Gasteiger partial charge on any atom is 0.573 e. The Morgan fingerprint density at radius 1 is 1.28 bits per heavy atom. The average Bonchev–Trinajstić information content (AvgIpc) is 3.03. The monoisotopic (exact) mass is 494 g/mol. The van der Waals surface area contributed by atoms with E-state index in [4.69, 9.17) is 11.6 Å². The van der Waals surface area contributed by atoms with Gasteiger partial charge in [0.25, 0.3) is 0 Å². The van der Waals surface area contributed by atoms with Crippen LogP contribution in [0.25, 0.3) is 0 Å². The molecule has 1 saturated heterocycles. The van der Waals surface area contributed by atoms with Gasteiger partial charge in [0.1, 0.15) is 11.9 Å². The van der Waals surface area contributed by atoms with Crippen molar-refractivity contribution in [2.75, 3.05) is 19.6 Å². The first-order valence-electron chi connectivity index (χ1n) is 9.74. The van der Waals surface area contributed by atoms with Crippen LogP contribution in [0.5, 0.6) is 5.75 Å². The number of piperidine rings is 1. The van der Waals surface area contributed by atoms with Gasteiger partial charge in [-0.1, -0.05) is 0 Å². The van der Waals surface area contributed by atoms with E-state index < -0.39 is 16.9 Å². The van der Waals surface area contributed by atoms with Gasteiger partial charge < -0.3 is 24.9 Å². The van der Waals surface area contributed by atoms with Gasteiger partial charge in [-0.2, -0.15) is 0 Å². The fourth-order valence-corrected chi connectivity index (χ4v) is 4.90. The minimum absolute atomic E-state index is 0.0567. The van der Waals surface area contributed by atoms with Crippen molar-refractivity contribution in [3.63, 3.8) is 0 Å². The van der Waals surface area contributed by atoms with E-state index in [0.717, 1.165) is 30.8 Å². The molecular formula is C19H22ClF3N4O4S. The van der Waals surface area contributed by atoms with Gasteiger partial charge in [-0.25, -0.2) is 0 Å². The van der Waals surface area contributed by atoms with Gasteiger partial charge >= 0.3 is 17.5 Å². The van der Waals surface area contributed by atoms with E-state index in [0.29, 0.717) is 11.8 Å². The summed E-state index contributed by atoms with van der Waals surface area (Å²) in [5.41, 5.74) is -1.17. The van der Waals surface area contributed by atoms with E-state index in [2.05, 4.69) is 14.6 Å². The Kier molecular flexibility index (Phi) is 7.58. The van der Waals surface area contributed by atoms with E-state index >= 15 is 0 Å². The number of nitrogens with zero attached hydrogens (tertiary/aromatic N) is 4. The van der Waals surface area contributed by atoms with Gasteiger partial charge in [0, 0.05) is 16.7 Å². The summed E-state index contributed by atoms with van der Waals surface area (Å²) >= 11 is 7.53. The number of alkyl halides is 3. The van der Waals surface area contributed by atoms with Crippen LogP contribution in [0, 0.1) is 10.1 Å². The minimum Gasteiger partial charge on any atom is -0.406 e. The quantitative estimate of drug-likeness (QED) is 0.430. The molecule has 0 spiro atoms. The van der Waals surface area contributed by atoms with E-state index in [1.807, 2.05) is 0 Å². The van der Waals surface area contributed by atoms with Gasteiger partial charge in [-0.3, -0.25) is 4.57 Å². The van der Waals surface area contributed by atoms with Crippen molar-refractivity contribution in [2.24, 2.45) is 0 Å². The molecule has 2 heterocycles. The second-order valence-electron chi connectivity index (χ2n) is 7.86. The smallest absolute Gasteiger partial charge is 0.406 e. The number of hydrogen-bond acceptors (Lipinski definition) is 7. The molecule has 1 N–H and O–H groups in total. The molecule has 0 radical (unpaired) electrons. The van der Waals surface area contributed by atoms with Crippen molar-refractivity contribution in [3.05, 3.63) is 45.9 Å². The third kappa shape index (κ3) is 7.26. The summed E-state index contributed by atoms with van der Waals surface area (Å²) in [6, 6.07) is 5.81. The zero-order valence-electron chi connectivity index (χ0n) is 17.1. The zero-order chi connectivity index (χ0) is 23.5. The van der Waals surface area contributed by atoms with E-state index in [1.165, 1.54) is 22.9 Å². The summed E-state index contributed by atoms with van der Waals surface area (Å²) in [6.07, 6.45) is -1.82. The van der Waals surface area contributed by atoms with Crippen LogP contribution in [0.3, 0.4) is 0 Å². The third-order valence-electron chi connectivity index (χ3n) is 4.87. The first kappa shape index (κ1) is 24.6. The number of rotatable bonds is 8. The molecular weight excluding hydrogens is 473 g/mol. The van der Waals surface area contributed by atoms with Gasteiger partial charge in [0.15, 0.2) is 0 Å². The summed E-state index contributed by atoms with van der Waals surface area (Å²) in [6.45, 7) is 3.53. The standard InChI is InChI=1S/C19H22ClF3N4O4S/c1-18(28,12-26-10-16(27(29)30)24-17(26)20)11-25-8-6-15(7-9-25)32-14-4-2-13(3-5-14)31-19(21,22)23/h2-5,10,15,28H,6-9,11-12H2,1H3/t18-/m0/s1. The second-order valence-corrected chi connectivity index (χ2v) is 9.57. The molecule has 0 amide bonds. The highest BCUT2D eigenvalue weighted by atomic mass is 35.5. The summed E-state index contributed by atoms with van der Waals surface area (Å²) < 4.78 is 42.0. The van der Waals surface area contributed by atoms with E-state index in [-0.39, 0.29) is 23.4 Å². The van der Waals surface area contributed by atoms with Gasteiger partial charge in [-0.05, 0) is 78.6 Å². The SMILES string of the molecule is C[C@](O)(CN1CCC(Sc2ccc(OC(F)(F)F)cc2)CC1)Cn1cc([N+](=O)[O-])nc1Cl. The lowest BCUT2D eigenvalue weighted by atomic mass is 10.0. The Labute approximate surface area is 191 Å². The van der Waals surface area contributed by atoms with Crippen LogP contribution in [0.1, 0.15) is 19.8 Å². The molecule has 1 aromatic heterocycles. The Hall–Kier alpha value is -2.02. The first-order valence-corrected chi connectivity index (χ1v) is 11.0. The van der Waals surface area contributed by atoms with Gasteiger partial charge in [0.2, 0.25) is 0 Å². The largest absolute Gasteiger partial charge is 0.573 e. The molecule has 1 aromatic carbocycles. The van der Waals surface area contributed by atoms with Crippen LogP contribution in [0.2, 0.25) is 5.28 Å². The van der Waals surface area contributed by atoms with E-state index in [1.54, 1.807) is 30.8 Å². The van der Waals surface area contributed by atoms with Crippen LogP contribution in [-0.4, -0.2) is 61.3 Å². The Morgan fingerprint density at radius 3 is 2.44 bits per heavy atom. The number of β-amino-alcohol motifs (C(OH)–C–C–N with tert-alkyl or cyclic N) is 1. The minimum atomic E-state index is -4.71. The molecule has 1 aliphatic heterocycles. The highest BCUT2D eigenvalue weighted by Gasteiger charge is 2.32. The molecule has 8 nitrogen and oxygen atoms in total. The predicted molar refractivity (Wildman–Crippen MR) is 113 cm³/mol. The number of hydrogen-bond donors (Lipinski definition) is 1. The van der Waals surface area contributed by atoms with Crippen LogP contribution < -0.4 is 4.74 Å². The van der Waals surface area contributed by atoms with Crippen molar-refractivity contribution in [1.29, 1.82) is 0 Å². The third-order valence-corrected chi connectivity index (χ3v) is 6.52.